The van der Waals surface area contributed by atoms with Gasteiger partial charge in [0.05, 0.1) is 6.16 Å². The molecule has 0 nitrogen and oxygen atoms in total. The van der Waals surface area contributed by atoms with Gasteiger partial charge in [-0.2, -0.15) is 0 Å². The van der Waals surface area contributed by atoms with E-state index in [2.05, 4.69) is 124 Å². The average Bonchev–Trinajstić information content (AvgIpc) is 2.90. The van der Waals surface area contributed by atoms with Gasteiger partial charge < -0.3 is 0 Å². The van der Waals surface area contributed by atoms with E-state index in [-0.39, 0.29) is 0 Å². The van der Waals surface area contributed by atoms with Gasteiger partial charge in [0.15, 0.2) is 0 Å². The molecule has 35 heavy (non-hydrogen) atoms. The highest BCUT2D eigenvalue weighted by Crippen LogP contribution is 2.55. The van der Waals surface area contributed by atoms with Gasteiger partial charge in [0.1, 0.15) is 23.2 Å². The Morgan fingerprint density at radius 3 is 1.77 bits per heavy atom. The van der Waals surface area contributed by atoms with Crippen molar-refractivity contribution in [2.45, 2.75) is 52.9 Å². The van der Waals surface area contributed by atoms with Crippen LogP contribution in [0.4, 0.5) is 0 Å². The van der Waals surface area contributed by atoms with E-state index in [1.807, 2.05) is 0 Å². The van der Waals surface area contributed by atoms with E-state index < -0.39 is 7.26 Å². The van der Waals surface area contributed by atoms with Crippen LogP contribution in [0.5, 0.6) is 0 Å². The van der Waals surface area contributed by atoms with Crippen LogP contribution in [-0.4, -0.2) is 6.16 Å². The summed E-state index contributed by atoms with van der Waals surface area (Å²) in [5, 5.41) is 4.37. The fraction of sp³-hybridized carbons (Fsp3) is 0.294. The van der Waals surface area contributed by atoms with Gasteiger partial charge in [0.2, 0.25) is 0 Å². The van der Waals surface area contributed by atoms with Crippen molar-refractivity contribution in [1.82, 2.24) is 0 Å². The summed E-state index contributed by atoms with van der Waals surface area (Å²) in [6, 6.07) is 33.7. The van der Waals surface area contributed by atoms with Crippen LogP contribution in [0.1, 0.15) is 52.9 Å². The van der Waals surface area contributed by atoms with Gasteiger partial charge in [-0.25, -0.2) is 0 Å². The monoisotopic (exact) mass is 477 g/mol. The SMILES string of the molecule is C/C(=C\C[P+](c1ccccc1)(c1ccccc1)c1ccccc1)C1=CC2=C(CCCC2(C)C)CC1. The molecule has 0 amide bonds. The average molecular weight is 478 g/mol. The summed E-state index contributed by atoms with van der Waals surface area (Å²) in [6.07, 6.45) is 12.6. The van der Waals surface area contributed by atoms with Crippen molar-refractivity contribution in [3.63, 3.8) is 0 Å². The van der Waals surface area contributed by atoms with Crippen LogP contribution in [0.25, 0.3) is 0 Å². The summed E-state index contributed by atoms with van der Waals surface area (Å²) >= 11 is 0. The molecule has 0 heterocycles. The van der Waals surface area contributed by atoms with Crippen molar-refractivity contribution in [2.75, 3.05) is 6.16 Å². The molecule has 2 aliphatic carbocycles. The van der Waals surface area contributed by atoms with E-state index in [0.29, 0.717) is 5.41 Å². The Morgan fingerprint density at radius 1 is 0.743 bits per heavy atom. The highest BCUT2D eigenvalue weighted by molar-refractivity contribution is 7.95. The van der Waals surface area contributed by atoms with Crippen LogP contribution in [-0.2, 0) is 0 Å². The molecule has 0 N–H and O–H groups in total. The number of hydrogen-bond acceptors (Lipinski definition) is 0. The molecule has 0 radical (unpaired) electrons. The number of rotatable bonds is 6. The van der Waals surface area contributed by atoms with E-state index in [9.17, 15) is 0 Å². The zero-order chi connectivity index (χ0) is 24.3. The van der Waals surface area contributed by atoms with E-state index in [4.69, 9.17) is 0 Å². The lowest BCUT2D eigenvalue weighted by atomic mass is 9.68. The van der Waals surface area contributed by atoms with Crippen LogP contribution >= 0.6 is 7.26 Å². The summed E-state index contributed by atoms with van der Waals surface area (Å²) in [5.41, 5.74) is 6.68. The van der Waals surface area contributed by atoms with Crippen molar-refractivity contribution in [1.29, 1.82) is 0 Å². The van der Waals surface area contributed by atoms with Crippen molar-refractivity contribution >= 4 is 23.2 Å². The molecule has 0 atom stereocenters. The third kappa shape index (κ3) is 4.74. The fourth-order valence-electron chi connectivity index (χ4n) is 6.11. The first kappa shape index (κ1) is 24.0. The van der Waals surface area contributed by atoms with Gasteiger partial charge in [-0.05, 0) is 104 Å². The van der Waals surface area contributed by atoms with E-state index in [1.54, 1.807) is 16.7 Å². The molecule has 3 aromatic carbocycles. The minimum Gasteiger partial charge on any atom is -0.0661 e. The summed E-state index contributed by atoms with van der Waals surface area (Å²) in [5.74, 6) is 0. The van der Waals surface area contributed by atoms with Gasteiger partial charge in [-0.15, -0.1) is 0 Å². The van der Waals surface area contributed by atoms with Gasteiger partial charge >= 0.3 is 0 Å². The maximum Gasteiger partial charge on any atom is 0.115 e. The molecule has 0 saturated heterocycles. The predicted octanol–water partition coefficient (Wildman–Crippen LogP) is 8.15. The van der Waals surface area contributed by atoms with Gasteiger partial charge in [0, 0.05) is 0 Å². The van der Waals surface area contributed by atoms with Crippen LogP contribution in [0.15, 0.2) is 125 Å². The Bertz CT molecular complexity index is 1150. The zero-order valence-electron chi connectivity index (χ0n) is 21.5. The standard InChI is InChI=1S/C34H38P/c1-27(29-22-21-28-14-13-24-34(2,3)33(28)26-29)23-25-35(30-15-7-4-8-16-30,31-17-9-5-10-18-31)32-19-11-6-12-20-32/h4-12,15-20,23,26H,13-14,21-22,24-25H2,1-3H3/q+1/b27-23+. The second kappa shape index (κ2) is 10.1. The van der Waals surface area contributed by atoms with E-state index >= 15 is 0 Å². The topological polar surface area (TPSA) is 0 Å². The Labute approximate surface area is 212 Å². The first-order valence-electron chi connectivity index (χ1n) is 13.2. The molecule has 3 aromatic rings. The third-order valence-corrected chi connectivity index (χ3v) is 12.4. The molecule has 0 unspecified atom stereocenters. The lowest BCUT2D eigenvalue weighted by Crippen LogP contribution is -2.33. The fourth-order valence-corrected chi connectivity index (χ4v) is 10.2. The molecule has 0 bridgehead atoms. The van der Waals surface area contributed by atoms with Gasteiger partial charge in [-0.3, -0.25) is 0 Å². The van der Waals surface area contributed by atoms with Crippen LogP contribution in [0.3, 0.4) is 0 Å². The number of allylic oxidation sites excluding steroid dienone is 6. The maximum atomic E-state index is 2.57. The molecule has 0 fully saturated rings. The highest BCUT2D eigenvalue weighted by atomic mass is 31.2. The first-order chi connectivity index (χ1) is 17.0. The second-order valence-electron chi connectivity index (χ2n) is 10.8. The molecular weight excluding hydrogens is 439 g/mol. The number of hydrogen-bond donors (Lipinski definition) is 0. The van der Waals surface area contributed by atoms with Gasteiger partial charge in [0.25, 0.3) is 0 Å². The highest BCUT2D eigenvalue weighted by Gasteiger charge is 2.44. The van der Waals surface area contributed by atoms with Gasteiger partial charge in [-0.1, -0.05) is 80.1 Å². The first-order valence-corrected chi connectivity index (χ1v) is 15.1. The molecule has 0 aliphatic heterocycles. The second-order valence-corrected chi connectivity index (χ2v) is 14.3. The Balaban J connectivity index is 1.60. The molecular formula is C34H38P+. The molecule has 1 heteroatoms. The lowest BCUT2D eigenvalue weighted by Gasteiger charge is -2.37. The predicted molar refractivity (Wildman–Crippen MR) is 156 cm³/mol. The summed E-state index contributed by atoms with van der Waals surface area (Å²) in [4.78, 5) is 0. The Kier molecular flexibility index (Phi) is 6.95. The lowest BCUT2D eigenvalue weighted by molar-refractivity contribution is 0.369. The molecule has 178 valence electrons. The zero-order valence-corrected chi connectivity index (χ0v) is 22.4. The van der Waals surface area contributed by atoms with Crippen molar-refractivity contribution in [2.24, 2.45) is 5.41 Å². The van der Waals surface area contributed by atoms with Crippen molar-refractivity contribution < 1.29 is 0 Å². The minimum atomic E-state index is -1.83. The number of benzene rings is 3. The smallest absolute Gasteiger partial charge is 0.0661 e. The molecule has 0 spiro atoms. The summed E-state index contributed by atoms with van der Waals surface area (Å²) in [6.45, 7) is 7.23. The van der Waals surface area contributed by atoms with Crippen molar-refractivity contribution in [3.05, 3.63) is 125 Å². The quantitative estimate of drug-likeness (QED) is 0.314. The third-order valence-electron chi connectivity index (χ3n) is 8.17. The summed E-state index contributed by atoms with van der Waals surface area (Å²) in [7, 11) is -1.83. The molecule has 0 saturated carbocycles. The Hall–Kier alpha value is -2.69. The molecule has 2 aliphatic rings. The van der Waals surface area contributed by atoms with E-state index in [0.717, 1.165) is 6.16 Å². The minimum absolute atomic E-state index is 0.314. The molecule has 5 rings (SSSR count). The Morgan fingerprint density at radius 2 is 1.26 bits per heavy atom. The van der Waals surface area contributed by atoms with Crippen LogP contribution in [0, 0.1) is 5.41 Å². The summed E-state index contributed by atoms with van der Waals surface area (Å²) < 4.78 is 0. The van der Waals surface area contributed by atoms with Crippen LogP contribution < -0.4 is 15.9 Å². The molecule has 0 aromatic heterocycles. The maximum absolute atomic E-state index is 2.57. The van der Waals surface area contributed by atoms with E-state index in [1.165, 1.54) is 53.6 Å². The largest absolute Gasteiger partial charge is 0.115 e. The van der Waals surface area contributed by atoms with Crippen molar-refractivity contribution in [3.8, 4) is 0 Å². The normalized spacial score (nSPS) is 18.1. The van der Waals surface area contributed by atoms with Crippen LogP contribution in [0.2, 0.25) is 0 Å².